The van der Waals surface area contributed by atoms with E-state index in [-0.39, 0.29) is 22.1 Å². The Morgan fingerprint density at radius 3 is 2.43 bits per heavy atom. The van der Waals surface area contributed by atoms with Crippen LogP contribution in [0, 0.1) is 6.92 Å². The maximum atomic E-state index is 13.4. The molecule has 4 rings (SSSR count). The number of thioether (sulfide) groups is 1. The lowest BCUT2D eigenvalue weighted by Crippen LogP contribution is -2.34. The second-order valence-corrected chi connectivity index (χ2v) is 8.67. The Bertz CT molecular complexity index is 1110. The fourth-order valence-electron chi connectivity index (χ4n) is 3.57. The molecule has 144 valence electrons. The molecule has 1 aliphatic rings. The van der Waals surface area contributed by atoms with Crippen LogP contribution in [0.3, 0.4) is 0 Å². The first kappa shape index (κ1) is 18.9. The zero-order valence-electron chi connectivity index (χ0n) is 15.8. The van der Waals surface area contributed by atoms with Crippen molar-refractivity contribution in [3.63, 3.8) is 0 Å². The second kappa shape index (κ2) is 7.18. The molecule has 0 spiro atoms. The number of amides is 1. The van der Waals surface area contributed by atoms with Crippen LogP contribution in [0.15, 0.2) is 59.4 Å². The van der Waals surface area contributed by atoms with E-state index in [9.17, 15) is 9.59 Å². The molecule has 1 aromatic heterocycles. The van der Waals surface area contributed by atoms with Gasteiger partial charge < -0.3 is 0 Å². The highest BCUT2D eigenvalue weighted by molar-refractivity contribution is 8.01. The van der Waals surface area contributed by atoms with Crippen molar-refractivity contribution in [2.45, 2.75) is 24.5 Å². The Kier molecular flexibility index (Phi) is 4.85. The number of benzene rings is 2. The molecule has 2 atom stereocenters. The van der Waals surface area contributed by atoms with Crippen LogP contribution in [0.5, 0.6) is 0 Å². The third kappa shape index (κ3) is 2.97. The smallest absolute Gasteiger partial charge is 0.288 e. The average Bonchev–Trinajstić information content (AvgIpc) is 3.09. The van der Waals surface area contributed by atoms with E-state index in [1.165, 1.54) is 11.8 Å². The van der Waals surface area contributed by atoms with Gasteiger partial charge in [-0.1, -0.05) is 41.9 Å². The predicted molar refractivity (Wildman–Crippen MR) is 114 cm³/mol. The molecular formula is C21H20ClN3O2S. The molecule has 1 fully saturated rings. The molecule has 1 amide bonds. The number of nitrogens with zero attached hydrogens (tertiary/aromatic N) is 3. The van der Waals surface area contributed by atoms with Crippen molar-refractivity contribution in [3.05, 3.63) is 81.2 Å². The maximum Gasteiger partial charge on any atom is 0.295 e. The summed E-state index contributed by atoms with van der Waals surface area (Å²) in [7, 11) is 1.83. The van der Waals surface area contributed by atoms with Gasteiger partial charge in [-0.05, 0) is 43.7 Å². The number of hydrogen-bond donors (Lipinski definition) is 0. The van der Waals surface area contributed by atoms with Gasteiger partial charge in [0.05, 0.1) is 16.6 Å². The number of carbonyl (C=O) groups is 1. The highest BCUT2D eigenvalue weighted by Gasteiger charge is 2.42. The Hall–Kier alpha value is -2.44. The van der Waals surface area contributed by atoms with Crippen molar-refractivity contribution < 1.29 is 4.79 Å². The summed E-state index contributed by atoms with van der Waals surface area (Å²) < 4.78 is 3.39. The molecule has 0 N–H and O–H groups in total. The fourth-order valence-corrected chi connectivity index (χ4v) is 5.02. The first-order valence-corrected chi connectivity index (χ1v) is 10.3. The van der Waals surface area contributed by atoms with Crippen molar-refractivity contribution in [1.29, 1.82) is 0 Å². The number of aromatic nitrogens is 2. The normalized spacial score (nSPS) is 19.4. The van der Waals surface area contributed by atoms with Crippen LogP contribution in [0.1, 0.15) is 23.6 Å². The highest BCUT2D eigenvalue weighted by atomic mass is 35.5. The largest absolute Gasteiger partial charge is 0.295 e. The van der Waals surface area contributed by atoms with Crippen molar-refractivity contribution in [1.82, 2.24) is 9.36 Å². The van der Waals surface area contributed by atoms with E-state index in [1.54, 1.807) is 20.3 Å². The van der Waals surface area contributed by atoms with Crippen LogP contribution in [-0.4, -0.2) is 20.5 Å². The van der Waals surface area contributed by atoms with Gasteiger partial charge in [-0.15, -0.1) is 11.8 Å². The zero-order chi connectivity index (χ0) is 20.0. The standard InChI is InChI=1S/C21H20ClN3O2S/c1-13-18(20(27)25(23(13)3)17-10-5-4-6-11-17)24-19(26)14(2)28-21(24)15-8-7-9-16(22)12-15/h4-12,14,21H,1-3H3/t14-,21-/m0/s1. The van der Waals surface area contributed by atoms with E-state index in [4.69, 9.17) is 11.6 Å². The summed E-state index contributed by atoms with van der Waals surface area (Å²) >= 11 is 7.71. The molecule has 2 heterocycles. The molecule has 0 saturated carbocycles. The van der Waals surface area contributed by atoms with Gasteiger partial charge in [0, 0.05) is 12.1 Å². The summed E-state index contributed by atoms with van der Waals surface area (Å²) in [4.78, 5) is 28.1. The first-order chi connectivity index (χ1) is 13.4. The lowest BCUT2D eigenvalue weighted by Gasteiger charge is -2.23. The van der Waals surface area contributed by atoms with Crippen molar-refractivity contribution >= 4 is 35.0 Å². The lowest BCUT2D eigenvalue weighted by molar-refractivity contribution is -0.117. The van der Waals surface area contributed by atoms with E-state index >= 15 is 0 Å². The van der Waals surface area contributed by atoms with Crippen LogP contribution >= 0.6 is 23.4 Å². The Morgan fingerprint density at radius 2 is 1.75 bits per heavy atom. The lowest BCUT2D eigenvalue weighted by atomic mass is 10.2. The minimum Gasteiger partial charge on any atom is -0.288 e. The second-order valence-electron chi connectivity index (χ2n) is 6.80. The van der Waals surface area contributed by atoms with Gasteiger partial charge >= 0.3 is 0 Å². The number of para-hydroxylation sites is 1. The van der Waals surface area contributed by atoms with Crippen LogP contribution in [0.2, 0.25) is 5.02 Å². The van der Waals surface area contributed by atoms with Crippen molar-refractivity contribution in [3.8, 4) is 5.69 Å². The zero-order valence-corrected chi connectivity index (χ0v) is 17.4. The van der Waals surface area contributed by atoms with Gasteiger partial charge in [0.1, 0.15) is 11.1 Å². The molecule has 3 aromatic rings. The van der Waals surface area contributed by atoms with E-state index < -0.39 is 0 Å². The molecular weight excluding hydrogens is 394 g/mol. The fraction of sp³-hybridized carbons (Fsp3) is 0.238. The summed E-state index contributed by atoms with van der Waals surface area (Å²) in [5.41, 5.74) is 2.61. The molecule has 7 heteroatoms. The topological polar surface area (TPSA) is 47.2 Å². The third-order valence-corrected chi connectivity index (χ3v) is 6.64. The van der Waals surface area contributed by atoms with Crippen LogP contribution in [0.4, 0.5) is 5.69 Å². The van der Waals surface area contributed by atoms with Gasteiger partial charge in [0.2, 0.25) is 5.91 Å². The van der Waals surface area contributed by atoms with Gasteiger partial charge in [-0.25, -0.2) is 4.68 Å². The quantitative estimate of drug-likeness (QED) is 0.643. The number of halogens is 1. The van der Waals surface area contributed by atoms with Gasteiger partial charge in [0.15, 0.2) is 0 Å². The maximum absolute atomic E-state index is 13.4. The molecule has 28 heavy (non-hydrogen) atoms. The molecule has 0 radical (unpaired) electrons. The third-order valence-electron chi connectivity index (χ3n) is 5.05. The minimum atomic E-state index is -0.292. The number of rotatable bonds is 3. The number of anilines is 1. The molecule has 2 aromatic carbocycles. The van der Waals surface area contributed by atoms with Gasteiger partial charge in [-0.3, -0.25) is 19.2 Å². The van der Waals surface area contributed by atoms with Crippen LogP contribution < -0.4 is 10.5 Å². The average molecular weight is 414 g/mol. The molecule has 0 unspecified atom stereocenters. The van der Waals surface area contributed by atoms with E-state index in [1.807, 2.05) is 69.4 Å². The summed E-state index contributed by atoms with van der Waals surface area (Å²) in [6.45, 7) is 3.74. The monoisotopic (exact) mass is 413 g/mol. The Balaban J connectivity index is 1.89. The van der Waals surface area contributed by atoms with E-state index in [0.29, 0.717) is 10.7 Å². The summed E-state index contributed by atoms with van der Waals surface area (Å²) in [5.74, 6) is -0.0685. The minimum absolute atomic E-state index is 0.0685. The molecule has 0 aliphatic carbocycles. The van der Waals surface area contributed by atoms with Crippen molar-refractivity contribution in [2.24, 2.45) is 7.05 Å². The first-order valence-electron chi connectivity index (χ1n) is 8.98. The van der Waals surface area contributed by atoms with E-state index in [0.717, 1.165) is 16.9 Å². The molecule has 0 bridgehead atoms. The Morgan fingerprint density at radius 1 is 1.04 bits per heavy atom. The summed E-state index contributed by atoms with van der Waals surface area (Å²) in [6, 6.07) is 16.9. The van der Waals surface area contributed by atoms with Crippen LogP contribution in [0.25, 0.3) is 5.69 Å². The van der Waals surface area contributed by atoms with Gasteiger partial charge in [-0.2, -0.15) is 0 Å². The molecule has 5 nitrogen and oxygen atoms in total. The van der Waals surface area contributed by atoms with E-state index in [2.05, 4.69) is 0 Å². The number of hydrogen-bond acceptors (Lipinski definition) is 3. The highest BCUT2D eigenvalue weighted by Crippen LogP contribution is 2.45. The number of carbonyl (C=O) groups excluding carboxylic acids is 1. The summed E-state index contributed by atoms with van der Waals surface area (Å²) in [5, 5.41) is 0.0731. The SMILES string of the molecule is Cc1c(N2C(=O)[C@H](C)S[C@H]2c2cccc(Cl)c2)c(=O)n(-c2ccccc2)n1C. The predicted octanol–water partition coefficient (Wildman–Crippen LogP) is 4.30. The molecule has 1 aliphatic heterocycles. The van der Waals surface area contributed by atoms with Crippen molar-refractivity contribution in [2.75, 3.05) is 4.90 Å². The van der Waals surface area contributed by atoms with Gasteiger partial charge in [0.25, 0.3) is 5.56 Å². The van der Waals surface area contributed by atoms with Crippen LogP contribution in [-0.2, 0) is 11.8 Å². The summed E-state index contributed by atoms with van der Waals surface area (Å²) in [6.07, 6.45) is 0. The Labute approximate surface area is 172 Å². The molecule has 1 saturated heterocycles.